The van der Waals surface area contributed by atoms with Crippen LogP contribution in [0.1, 0.15) is 29.6 Å². The van der Waals surface area contributed by atoms with Crippen molar-refractivity contribution in [2.45, 2.75) is 18.5 Å². The molecule has 0 spiro atoms. The van der Waals surface area contributed by atoms with E-state index in [4.69, 9.17) is 14.2 Å². The van der Waals surface area contributed by atoms with Crippen molar-refractivity contribution in [3.63, 3.8) is 0 Å². The zero-order valence-electron chi connectivity index (χ0n) is 15.7. The Morgan fingerprint density at radius 2 is 1.89 bits per heavy atom. The fraction of sp³-hybridized carbons (Fsp3) is 0.316. The summed E-state index contributed by atoms with van der Waals surface area (Å²) in [7, 11) is 4.82. The number of nitrogens with zero attached hydrogens (tertiary/aromatic N) is 4. The molecule has 0 fully saturated rings. The van der Waals surface area contributed by atoms with Gasteiger partial charge in [-0.3, -0.25) is 0 Å². The van der Waals surface area contributed by atoms with Crippen LogP contribution in [-0.2, 0) is 0 Å². The number of ether oxygens (including phenoxy) is 3. The quantitative estimate of drug-likeness (QED) is 0.641. The molecule has 0 aliphatic carbocycles. The van der Waals surface area contributed by atoms with Gasteiger partial charge in [0.1, 0.15) is 0 Å². The van der Waals surface area contributed by atoms with E-state index < -0.39 is 0 Å². The zero-order valence-corrected chi connectivity index (χ0v) is 17.3. The summed E-state index contributed by atoms with van der Waals surface area (Å²) in [4.78, 5) is 0. The van der Waals surface area contributed by atoms with Gasteiger partial charge in [-0.2, -0.15) is 0 Å². The van der Waals surface area contributed by atoms with E-state index in [1.165, 1.54) is 0 Å². The minimum Gasteiger partial charge on any atom is -0.493 e. The Hall–Kier alpha value is -2.81. The van der Waals surface area contributed by atoms with Gasteiger partial charge in [0, 0.05) is 10.0 Å². The summed E-state index contributed by atoms with van der Waals surface area (Å²) >= 11 is 3.55. The maximum absolute atomic E-state index is 5.70. The molecule has 0 bridgehead atoms. The number of fused-ring (bicyclic) bond motifs is 1. The summed E-state index contributed by atoms with van der Waals surface area (Å²) in [6, 6.07) is 12.0. The molecular formula is C19H20BrN5O3. The van der Waals surface area contributed by atoms with Crippen molar-refractivity contribution in [3.8, 4) is 17.2 Å². The summed E-state index contributed by atoms with van der Waals surface area (Å²) in [6.07, 6.45) is 0.736. The number of rotatable bonds is 5. The molecule has 1 aliphatic heterocycles. The van der Waals surface area contributed by atoms with Crippen LogP contribution in [0.25, 0.3) is 0 Å². The molecule has 1 N–H and O–H groups in total. The fourth-order valence-electron chi connectivity index (χ4n) is 3.62. The highest BCUT2D eigenvalue weighted by Gasteiger charge is 2.34. The van der Waals surface area contributed by atoms with Crippen LogP contribution in [0, 0.1) is 0 Å². The number of hydrogen-bond acceptors (Lipinski definition) is 7. The van der Waals surface area contributed by atoms with Gasteiger partial charge in [0.05, 0.1) is 33.4 Å². The SMILES string of the molecule is COc1ccc(C2CC(c3cccc(Br)c3)Nc3nnnn32)c(OC)c1OC. The molecule has 4 rings (SSSR count). The summed E-state index contributed by atoms with van der Waals surface area (Å²) < 4.78 is 19.5. The standard InChI is InChI=1S/C19H20BrN5O3/c1-26-16-8-7-13(17(27-2)18(16)28-3)15-10-14(11-5-4-6-12(20)9-11)21-19-22-23-24-25(15)19/h4-9,14-15H,10H2,1-3H3,(H,21,22,24). The Morgan fingerprint density at radius 3 is 2.61 bits per heavy atom. The minimum absolute atomic E-state index is 0.0406. The van der Waals surface area contributed by atoms with Crippen molar-refractivity contribution in [2.75, 3.05) is 26.6 Å². The molecule has 0 saturated carbocycles. The van der Waals surface area contributed by atoms with Crippen molar-refractivity contribution in [1.82, 2.24) is 20.2 Å². The van der Waals surface area contributed by atoms with Gasteiger partial charge in [0.25, 0.3) is 0 Å². The molecule has 0 saturated heterocycles. The van der Waals surface area contributed by atoms with Crippen LogP contribution in [0.2, 0.25) is 0 Å². The third-order valence-electron chi connectivity index (χ3n) is 4.90. The molecule has 8 nitrogen and oxygen atoms in total. The van der Waals surface area contributed by atoms with Gasteiger partial charge < -0.3 is 19.5 Å². The molecule has 2 unspecified atom stereocenters. The largest absolute Gasteiger partial charge is 0.493 e. The first kappa shape index (κ1) is 18.5. The first-order valence-corrected chi connectivity index (χ1v) is 9.54. The molecule has 146 valence electrons. The number of methoxy groups -OCH3 is 3. The molecular weight excluding hydrogens is 426 g/mol. The summed E-state index contributed by atoms with van der Waals surface area (Å²) in [5.41, 5.74) is 2.07. The van der Waals surface area contributed by atoms with Crippen molar-refractivity contribution >= 4 is 21.9 Å². The lowest BCUT2D eigenvalue weighted by Gasteiger charge is -2.32. The van der Waals surface area contributed by atoms with Gasteiger partial charge >= 0.3 is 0 Å². The van der Waals surface area contributed by atoms with E-state index in [1.807, 2.05) is 24.3 Å². The summed E-state index contributed by atoms with van der Waals surface area (Å²) in [6.45, 7) is 0. The number of tetrazole rings is 1. The van der Waals surface area contributed by atoms with Gasteiger partial charge in [0.15, 0.2) is 11.5 Å². The lowest BCUT2D eigenvalue weighted by Crippen LogP contribution is -2.28. The van der Waals surface area contributed by atoms with E-state index in [0.717, 1.165) is 22.0 Å². The Bertz CT molecular complexity index is 993. The molecule has 1 aliphatic rings. The Morgan fingerprint density at radius 1 is 1.07 bits per heavy atom. The van der Waals surface area contributed by atoms with E-state index in [-0.39, 0.29) is 12.1 Å². The number of nitrogens with one attached hydrogen (secondary N) is 1. The third kappa shape index (κ3) is 3.15. The van der Waals surface area contributed by atoms with Crippen LogP contribution in [0.4, 0.5) is 5.95 Å². The predicted octanol–water partition coefficient (Wildman–Crippen LogP) is 3.61. The average Bonchev–Trinajstić information content (AvgIpc) is 3.20. The number of halogens is 1. The van der Waals surface area contributed by atoms with Crippen molar-refractivity contribution in [3.05, 3.63) is 52.0 Å². The molecule has 0 amide bonds. The van der Waals surface area contributed by atoms with Gasteiger partial charge in [-0.25, -0.2) is 4.68 Å². The highest BCUT2D eigenvalue weighted by molar-refractivity contribution is 9.10. The predicted molar refractivity (Wildman–Crippen MR) is 107 cm³/mol. The monoisotopic (exact) mass is 445 g/mol. The number of hydrogen-bond donors (Lipinski definition) is 1. The van der Waals surface area contributed by atoms with Gasteiger partial charge in [0.2, 0.25) is 11.7 Å². The van der Waals surface area contributed by atoms with E-state index in [1.54, 1.807) is 26.0 Å². The average molecular weight is 446 g/mol. The number of anilines is 1. The molecule has 2 atom stereocenters. The van der Waals surface area contributed by atoms with Crippen LogP contribution in [0.15, 0.2) is 40.9 Å². The van der Waals surface area contributed by atoms with Crippen LogP contribution in [0.5, 0.6) is 17.2 Å². The molecule has 28 heavy (non-hydrogen) atoms. The molecule has 9 heteroatoms. The first-order valence-electron chi connectivity index (χ1n) is 8.75. The second-order valence-electron chi connectivity index (χ2n) is 6.37. The summed E-state index contributed by atoms with van der Waals surface area (Å²) in [5.74, 6) is 2.38. The minimum atomic E-state index is -0.134. The molecule has 1 aromatic heterocycles. The molecule has 2 heterocycles. The van der Waals surface area contributed by atoms with Crippen LogP contribution in [-0.4, -0.2) is 41.5 Å². The van der Waals surface area contributed by atoms with Crippen molar-refractivity contribution in [2.24, 2.45) is 0 Å². The van der Waals surface area contributed by atoms with Crippen LogP contribution < -0.4 is 19.5 Å². The first-order chi connectivity index (χ1) is 13.7. The zero-order chi connectivity index (χ0) is 19.7. The van der Waals surface area contributed by atoms with Gasteiger partial charge in [-0.1, -0.05) is 33.2 Å². The lowest BCUT2D eigenvalue weighted by atomic mass is 9.92. The van der Waals surface area contributed by atoms with E-state index >= 15 is 0 Å². The highest BCUT2D eigenvalue weighted by atomic mass is 79.9. The Balaban J connectivity index is 1.81. The third-order valence-corrected chi connectivity index (χ3v) is 5.39. The van der Waals surface area contributed by atoms with Crippen molar-refractivity contribution in [1.29, 1.82) is 0 Å². The van der Waals surface area contributed by atoms with E-state index in [2.05, 4.69) is 48.9 Å². The van der Waals surface area contributed by atoms with E-state index in [0.29, 0.717) is 23.2 Å². The maximum Gasteiger partial charge on any atom is 0.243 e. The normalized spacial score (nSPS) is 18.1. The summed E-state index contributed by atoms with van der Waals surface area (Å²) in [5, 5.41) is 15.6. The number of aromatic nitrogens is 4. The van der Waals surface area contributed by atoms with Crippen molar-refractivity contribution < 1.29 is 14.2 Å². The maximum atomic E-state index is 5.70. The molecule has 2 aromatic carbocycles. The Kier molecular flexibility index (Phi) is 5.08. The van der Waals surface area contributed by atoms with Gasteiger partial charge in [-0.15, -0.1) is 0 Å². The van der Waals surface area contributed by atoms with Crippen LogP contribution in [0.3, 0.4) is 0 Å². The molecule has 3 aromatic rings. The smallest absolute Gasteiger partial charge is 0.243 e. The second-order valence-corrected chi connectivity index (χ2v) is 7.29. The van der Waals surface area contributed by atoms with Crippen LogP contribution >= 0.6 is 15.9 Å². The van der Waals surface area contributed by atoms with E-state index in [9.17, 15) is 0 Å². The second kappa shape index (κ2) is 7.67. The van der Waals surface area contributed by atoms with Gasteiger partial charge in [-0.05, 0) is 46.7 Å². The lowest BCUT2D eigenvalue weighted by molar-refractivity contribution is 0.315. The topological polar surface area (TPSA) is 83.3 Å². The number of benzene rings is 2. The highest BCUT2D eigenvalue weighted by Crippen LogP contribution is 2.46. The Labute approximate surface area is 170 Å². The molecule has 0 radical (unpaired) electrons. The fourth-order valence-corrected chi connectivity index (χ4v) is 4.04.